The molecule has 0 aliphatic rings. The van der Waals surface area contributed by atoms with Crippen molar-refractivity contribution in [1.82, 2.24) is 14.8 Å². The fraction of sp³-hybridized carbons (Fsp3) is 0.500. The fourth-order valence-electron chi connectivity index (χ4n) is 2.21. The molecule has 0 unspecified atom stereocenters. The van der Waals surface area contributed by atoms with Gasteiger partial charge in [0.1, 0.15) is 23.4 Å². The molecule has 0 saturated heterocycles. The number of nitrogens with zero attached hydrogens (tertiary/aromatic N) is 3. The number of rotatable bonds is 9. The number of methoxy groups -OCH3 is 1. The van der Waals surface area contributed by atoms with Crippen LogP contribution in [0.4, 0.5) is 0 Å². The van der Waals surface area contributed by atoms with E-state index in [2.05, 4.69) is 10.2 Å². The molecule has 0 radical (unpaired) electrons. The number of thioether (sulfide) groups is 1. The Hall–Kier alpha value is -2.22. The summed E-state index contributed by atoms with van der Waals surface area (Å²) in [5, 5.41) is 8.69. The second-order valence-corrected chi connectivity index (χ2v) is 7.07. The topological polar surface area (TPSA) is 75.5 Å². The number of ether oxygens (including phenoxy) is 3. The second-order valence-electron chi connectivity index (χ2n) is 5.96. The lowest BCUT2D eigenvalue weighted by molar-refractivity contribution is -0.143. The Bertz CT molecular complexity index is 733. The van der Waals surface area contributed by atoms with Gasteiger partial charge in [-0.3, -0.25) is 4.79 Å². The van der Waals surface area contributed by atoms with E-state index >= 15 is 0 Å². The summed E-state index contributed by atoms with van der Waals surface area (Å²) < 4.78 is 17.9. The summed E-state index contributed by atoms with van der Waals surface area (Å²) >= 11 is 1.36. The molecule has 26 heavy (non-hydrogen) atoms. The van der Waals surface area contributed by atoms with Crippen molar-refractivity contribution in [3.05, 3.63) is 30.1 Å². The van der Waals surface area contributed by atoms with Gasteiger partial charge in [-0.25, -0.2) is 0 Å². The average Bonchev–Trinajstić information content (AvgIpc) is 2.97. The number of aromatic nitrogens is 3. The first-order valence-electron chi connectivity index (χ1n) is 8.44. The van der Waals surface area contributed by atoms with Crippen molar-refractivity contribution in [1.29, 1.82) is 0 Å². The quantitative estimate of drug-likeness (QED) is 0.489. The minimum atomic E-state index is -0.329. The molecule has 2 rings (SSSR count). The minimum Gasteiger partial charge on any atom is -0.497 e. The molecule has 1 aromatic heterocycles. The van der Waals surface area contributed by atoms with Crippen LogP contribution in [-0.2, 0) is 23.2 Å². The molecule has 1 aromatic carbocycles. The van der Waals surface area contributed by atoms with Crippen molar-refractivity contribution in [3.63, 3.8) is 0 Å². The van der Waals surface area contributed by atoms with Gasteiger partial charge in [0, 0.05) is 13.1 Å². The van der Waals surface area contributed by atoms with E-state index in [1.54, 1.807) is 14.0 Å². The third-order valence-electron chi connectivity index (χ3n) is 3.69. The van der Waals surface area contributed by atoms with Crippen molar-refractivity contribution in [2.75, 3.05) is 13.7 Å². The highest BCUT2D eigenvalue weighted by atomic mass is 32.2. The normalized spacial score (nSPS) is 12.1. The van der Waals surface area contributed by atoms with Crippen LogP contribution in [-0.4, -0.2) is 39.7 Å². The van der Waals surface area contributed by atoms with Gasteiger partial charge in [-0.2, -0.15) is 0 Å². The zero-order chi connectivity index (χ0) is 19.1. The molecule has 0 aliphatic heterocycles. The largest absolute Gasteiger partial charge is 0.497 e. The molecular weight excluding hydrogens is 354 g/mol. The van der Waals surface area contributed by atoms with E-state index in [9.17, 15) is 4.79 Å². The highest BCUT2D eigenvalue weighted by molar-refractivity contribution is 8.00. The average molecular weight is 379 g/mol. The van der Waals surface area contributed by atoms with E-state index in [0.717, 1.165) is 5.75 Å². The molecule has 0 N–H and O–H groups in total. The first kappa shape index (κ1) is 20.1. The third-order valence-corrected chi connectivity index (χ3v) is 5.25. The van der Waals surface area contributed by atoms with Gasteiger partial charge in [-0.1, -0.05) is 31.7 Å². The molecule has 1 atom stereocenters. The van der Waals surface area contributed by atoms with E-state index in [1.165, 1.54) is 11.8 Å². The molecular formula is C18H25N3O4S. The molecule has 0 spiro atoms. The zero-order valence-electron chi connectivity index (χ0n) is 15.8. The molecule has 7 nitrogen and oxygen atoms in total. The Morgan fingerprint density at radius 3 is 2.65 bits per heavy atom. The number of benzene rings is 1. The predicted octanol–water partition coefficient (Wildman–Crippen LogP) is 3.08. The van der Waals surface area contributed by atoms with Gasteiger partial charge < -0.3 is 18.8 Å². The summed E-state index contributed by atoms with van der Waals surface area (Å²) in [6.45, 7) is 6.40. The van der Waals surface area contributed by atoms with Crippen LogP contribution in [0.2, 0.25) is 0 Å². The number of carbonyl (C=O) groups excluding carboxylic acids is 1. The highest BCUT2D eigenvalue weighted by Gasteiger charge is 2.27. The van der Waals surface area contributed by atoms with E-state index in [1.807, 2.05) is 49.7 Å². The molecule has 0 fully saturated rings. The zero-order valence-corrected chi connectivity index (χ0v) is 16.6. The molecule has 1 heterocycles. The van der Waals surface area contributed by atoms with Crippen LogP contribution in [0.15, 0.2) is 29.4 Å². The Balaban J connectivity index is 2.05. The molecule has 8 heteroatoms. The van der Waals surface area contributed by atoms with Gasteiger partial charge in [0.2, 0.25) is 0 Å². The Morgan fingerprint density at radius 2 is 2.00 bits per heavy atom. The van der Waals surface area contributed by atoms with Crippen LogP contribution in [0.25, 0.3) is 0 Å². The first-order chi connectivity index (χ1) is 12.5. The molecule has 0 bridgehead atoms. The van der Waals surface area contributed by atoms with Crippen molar-refractivity contribution in [2.24, 2.45) is 13.0 Å². The van der Waals surface area contributed by atoms with Gasteiger partial charge in [0.25, 0.3) is 0 Å². The van der Waals surface area contributed by atoms with Gasteiger partial charge in [0.15, 0.2) is 11.0 Å². The van der Waals surface area contributed by atoms with Crippen LogP contribution >= 0.6 is 11.8 Å². The van der Waals surface area contributed by atoms with Gasteiger partial charge in [-0.15, -0.1) is 10.2 Å². The van der Waals surface area contributed by atoms with Gasteiger partial charge in [0.05, 0.1) is 13.7 Å². The Labute approximate surface area is 158 Å². The summed E-state index contributed by atoms with van der Waals surface area (Å²) in [4.78, 5) is 12.1. The predicted molar refractivity (Wildman–Crippen MR) is 99.4 cm³/mol. The standard InChI is InChI=1S/C18H25N3O4S/c1-6-24-17(22)16(12(2)3)26-18-20-19-15(21(18)4)11-25-14-9-7-8-13(10-14)23-5/h7-10,12,16H,6,11H2,1-5H3/t16-/m0/s1. The third kappa shape index (κ3) is 5.14. The maximum atomic E-state index is 12.1. The molecule has 0 saturated carbocycles. The number of hydrogen-bond acceptors (Lipinski definition) is 7. The van der Waals surface area contributed by atoms with E-state index in [4.69, 9.17) is 14.2 Å². The van der Waals surface area contributed by atoms with Crippen molar-refractivity contribution in [2.45, 2.75) is 37.8 Å². The number of esters is 1. The number of hydrogen-bond donors (Lipinski definition) is 0. The lowest BCUT2D eigenvalue weighted by Crippen LogP contribution is -2.26. The lowest BCUT2D eigenvalue weighted by Gasteiger charge is -2.17. The Morgan fingerprint density at radius 1 is 1.27 bits per heavy atom. The van der Waals surface area contributed by atoms with Crippen molar-refractivity contribution < 1.29 is 19.0 Å². The minimum absolute atomic E-state index is 0.118. The van der Waals surface area contributed by atoms with Crippen LogP contribution in [0.1, 0.15) is 26.6 Å². The molecule has 0 aliphatic carbocycles. The van der Waals surface area contributed by atoms with Gasteiger partial charge in [-0.05, 0) is 25.0 Å². The van der Waals surface area contributed by atoms with Crippen LogP contribution < -0.4 is 9.47 Å². The maximum absolute atomic E-state index is 12.1. The number of carbonyl (C=O) groups is 1. The van der Waals surface area contributed by atoms with E-state index in [-0.39, 0.29) is 23.7 Å². The second kappa shape index (κ2) is 9.47. The fourth-order valence-corrected chi connectivity index (χ4v) is 3.22. The van der Waals surface area contributed by atoms with Crippen LogP contribution in [0.3, 0.4) is 0 Å². The van der Waals surface area contributed by atoms with Crippen LogP contribution in [0.5, 0.6) is 11.5 Å². The molecule has 142 valence electrons. The lowest BCUT2D eigenvalue weighted by atomic mass is 10.1. The summed E-state index contributed by atoms with van der Waals surface area (Å²) in [5.41, 5.74) is 0. The smallest absolute Gasteiger partial charge is 0.319 e. The highest BCUT2D eigenvalue weighted by Crippen LogP contribution is 2.28. The van der Waals surface area contributed by atoms with Crippen molar-refractivity contribution >= 4 is 17.7 Å². The van der Waals surface area contributed by atoms with Gasteiger partial charge >= 0.3 is 5.97 Å². The Kier molecular flexibility index (Phi) is 7.32. The summed E-state index contributed by atoms with van der Waals surface area (Å²) in [5.74, 6) is 1.97. The summed E-state index contributed by atoms with van der Waals surface area (Å²) in [6, 6.07) is 7.37. The maximum Gasteiger partial charge on any atom is 0.319 e. The SMILES string of the molecule is CCOC(=O)[C@@H](Sc1nnc(COc2cccc(OC)c2)n1C)C(C)C. The molecule has 0 amide bonds. The van der Waals surface area contributed by atoms with E-state index in [0.29, 0.717) is 23.3 Å². The van der Waals surface area contributed by atoms with E-state index < -0.39 is 0 Å². The van der Waals surface area contributed by atoms with Crippen LogP contribution in [0, 0.1) is 5.92 Å². The van der Waals surface area contributed by atoms with Crippen molar-refractivity contribution in [3.8, 4) is 11.5 Å². The summed E-state index contributed by atoms with van der Waals surface area (Å²) in [7, 11) is 3.47. The monoisotopic (exact) mass is 379 g/mol. The first-order valence-corrected chi connectivity index (χ1v) is 9.32. The molecule has 2 aromatic rings. The summed E-state index contributed by atoms with van der Waals surface area (Å²) in [6.07, 6.45) is 0.